The van der Waals surface area contributed by atoms with Crippen molar-refractivity contribution in [2.75, 3.05) is 19.5 Å². The quantitative estimate of drug-likeness (QED) is 0.603. The lowest BCUT2D eigenvalue weighted by Gasteiger charge is -2.23. The van der Waals surface area contributed by atoms with E-state index < -0.39 is 16.1 Å². The number of rotatable bonds is 6. The fourth-order valence-electron chi connectivity index (χ4n) is 3.41. The fourth-order valence-corrected chi connectivity index (χ4v) is 4.31. The Labute approximate surface area is 192 Å². The van der Waals surface area contributed by atoms with Gasteiger partial charge in [0.2, 0.25) is 0 Å². The number of hydrogen-bond donors (Lipinski definition) is 1. The van der Waals surface area contributed by atoms with Crippen LogP contribution in [-0.2, 0) is 21.5 Å². The van der Waals surface area contributed by atoms with E-state index in [-0.39, 0.29) is 11.4 Å². The third-order valence-corrected chi connectivity index (χ3v) is 6.58. The highest BCUT2D eigenvalue weighted by Crippen LogP contribution is 2.25. The minimum atomic E-state index is -4.10. The molecule has 9 nitrogen and oxygen atoms in total. The van der Waals surface area contributed by atoms with Crippen molar-refractivity contribution in [1.82, 2.24) is 14.1 Å². The van der Waals surface area contributed by atoms with Gasteiger partial charge in [-0.2, -0.15) is 13.5 Å². The van der Waals surface area contributed by atoms with Crippen LogP contribution in [0.1, 0.15) is 16.7 Å². The SMILES string of the molecule is COc1ccccc1C1=NS(=O)(=O)N(C)C(C(=O)Nc2ccn(Cc3ccccc3C)n2)=C1. The Morgan fingerprint density at radius 1 is 1.09 bits per heavy atom. The molecule has 0 spiro atoms. The van der Waals surface area contributed by atoms with Gasteiger partial charge >= 0.3 is 10.2 Å². The van der Waals surface area contributed by atoms with Crippen molar-refractivity contribution >= 4 is 27.6 Å². The lowest BCUT2D eigenvalue weighted by molar-refractivity contribution is -0.113. The molecule has 1 aliphatic rings. The highest BCUT2D eigenvalue weighted by Gasteiger charge is 2.31. The molecule has 0 fully saturated rings. The number of aryl methyl sites for hydroxylation is 1. The number of benzene rings is 2. The molecule has 1 aliphatic heterocycles. The van der Waals surface area contributed by atoms with E-state index in [0.29, 0.717) is 23.7 Å². The van der Waals surface area contributed by atoms with Crippen LogP contribution >= 0.6 is 0 Å². The highest BCUT2D eigenvalue weighted by molar-refractivity contribution is 7.88. The Morgan fingerprint density at radius 3 is 2.58 bits per heavy atom. The summed E-state index contributed by atoms with van der Waals surface area (Å²) in [6.45, 7) is 2.57. The Balaban J connectivity index is 1.58. The van der Waals surface area contributed by atoms with E-state index in [1.54, 1.807) is 41.2 Å². The number of nitrogens with one attached hydrogen (secondary N) is 1. The van der Waals surface area contributed by atoms with E-state index in [4.69, 9.17) is 4.74 Å². The van der Waals surface area contributed by atoms with E-state index in [1.807, 2.05) is 31.2 Å². The molecule has 0 unspecified atom stereocenters. The maximum Gasteiger partial charge on any atom is 0.345 e. The van der Waals surface area contributed by atoms with Gasteiger partial charge in [0.1, 0.15) is 11.4 Å². The molecule has 0 bridgehead atoms. The van der Waals surface area contributed by atoms with Crippen molar-refractivity contribution in [3.8, 4) is 5.75 Å². The van der Waals surface area contributed by atoms with Crippen LogP contribution in [0, 0.1) is 6.92 Å². The first-order valence-corrected chi connectivity index (χ1v) is 11.5. The molecule has 1 aromatic heterocycles. The number of aromatic nitrogens is 2. The molecule has 0 saturated heterocycles. The van der Waals surface area contributed by atoms with Crippen LogP contribution in [-0.4, -0.2) is 48.3 Å². The van der Waals surface area contributed by atoms with Crippen LogP contribution in [0.2, 0.25) is 0 Å². The highest BCUT2D eigenvalue weighted by atomic mass is 32.2. The summed E-state index contributed by atoms with van der Waals surface area (Å²) in [6, 6.07) is 16.5. The van der Waals surface area contributed by atoms with Crippen molar-refractivity contribution in [2.24, 2.45) is 4.40 Å². The minimum Gasteiger partial charge on any atom is -0.496 e. The molecule has 170 valence electrons. The van der Waals surface area contributed by atoms with Crippen LogP contribution in [0.4, 0.5) is 5.82 Å². The molecule has 0 saturated carbocycles. The molecule has 2 heterocycles. The van der Waals surface area contributed by atoms with Crippen LogP contribution in [0.15, 0.2) is 77.0 Å². The predicted octanol–water partition coefficient (Wildman–Crippen LogP) is 2.75. The molecule has 1 N–H and O–H groups in total. The fraction of sp³-hybridized carbons (Fsp3) is 0.174. The number of anilines is 1. The molecule has 33 heavy (non-hydrogen) atoms. The van der Waals surface area contributed by atoms with Crippen LogP contribution in [0.5, 0.6) is 5.75 Å². The second-order valence-electron chi connectivity index (χ2n) is 7.43. The first-order chi connectivity index (χ1) is 15.8. The predicted molar refractivity (Wildman–Crippen MR) is 125 cm³/mol. The van der Waals surface area contributed by atoms with Gasteiger partial charge in [-0.15, -0.1) is 4.40 Å². The van der Waals surface area contributed by atoms with Gasteiger partial charge in [-0.1, -0.05) is 36.4 Å². The number of amides is 1. The van der Waals surface area contributed by atoms with Gasteiger partial charge in [0.15, 0.2) is 5.82 Å². The third kappa shape index (κ3) is 4.65. The lowest BCUT2D eigenvalue weighted by Crippen LogP contribution is -2.35. The van der Waals surface area contributed by atoms with Crippen LogP contribution in [0.25, 0.3) is 0 Å². The second-order valence-corrected chi connectivity index (χ2v) is 9.06. The van der Waals surface area contributed by atoms with Gasteiger partial charge in [-0.05, 0) is 36.3 Å². The molecule has 10 heteroatoms. The topological polar surface area (TPSA) is 106 Å². The summed E-state index contributed by atoms with van der Waals surface area (Å²) in [7, 11) is -1.34. The number of carbonyl (C=O) groups is 1. The summed E-state index contributed by atoms with van der Waals surface area (Å²) in [5.74, 6) is 0.133. The standard InChI is InChI=1S/C23H23N5O4S/c1-16-8-4-5-9-17(16)15-28-13-12-22(25-28)24-23(29)20-14-19(26-33(30,31)27(20)2)18-10-6-7-11-21(18)32-3/h4-14H,15H2,1-3H3,(H,24,25,29). The van der Waals surface area contributed by atoms with Crippen molar-refractivity contribution in [2.45, 2.75) is 13.5 Å². The van der Waals surface area contributed by atoms with Crippen LogP contribution < -0.4 is 10.1 Å². The molecule has 0 atom stereocenters. The number of hydrogen-bond acceptors (Lipinski definition) is 5. The van der Waals surface area contributed by atoms with E-state index in [2.05, 4.69) is 14.8 Å². The molecular weight excluding hydrogens is 442 g/mol. The molecule has 4 rings (SSSR count). The Morgan fingerprint density at radius 2 is 1.82 bits per heavy atom. The van der Waals surface area contributed by atoms with Gasteiger partial charge in [0.05, 0.1) is 19.4 Å². The largest absolute Gasteiger partial charge is 0.496 e. The first-order valence-electron chi connectivity index (χ1n) is 10.1. The molecule has 0 aliphatic carbocycles. The number of para-hydroxylation sites is 1. The van der Waals surface area contributed by atoms with Crippen molar-refractivity contribution in [3.05, 3.63) is 89.3 Å². The van der Waals surface area contributed by atoms with Crippen molar-refractivity contribution < 1.29 is 17.9 Å². The zero-order chi connectivity index (χ0) is 23.6. The summed E-state index contributed by atoms with van der Waals surface area (Å²) in [4.78, 5) is 13.0. The zero-order valence-electron chi connectivity index (χ0n) is 18.4. The summed E-state index contributed by atoms with van der Waals surface area (Å²) < 4.78 is 36.9. The normalized spacial score (nSPS) is 14.9. The second kappa shape index (κ2) is 8.91. The molecule has 3 aromatic rings. The maximum atomic E-state index is 13.0. The minimum absolute atomic E-state index is 0.0839. The molecule has 0 radical (unpaired) electrons. The zero-order valence-corrected chi connectivity index (χ0v) is 19.2. The summed E-state index contributed by atoms with van der Waals surface area (Å²) in [5, 5.41) is 7.06. The summed E-state index contributed by atoms with van der Waals surface area (Å²) in [5.41, 5.74) is 2.74. The maximum absolute atomic E-state index is 13.0. The van der Waals surface area contributed by atoms with E-state index in [9.17, 15) is 13.2 Å². The van der Waals surface area contributed by atoms with Crippen molar-refractivity contribution in [1.29, 1.82) is 0 Å². The van der Waals surface area contributed by atoms with Crippen molar-refractivity contribution in [3.63, 3.8) is 0 Å². The summed E-state index contributed by atoms with van der Waals surface area (Å²) >= 11 is 0. The monoisotopic (exact) mass is 465 g/mol. The van der Waals surface area contributed by atoms with E-state index >= 15 is 0 Å². The van der Waals surface area contributed by atoms with E-state index in [0.717, 1.165) is 15.4 Å². The number of ether oxygens (including phenoxy) is 1. The first kappa shape index (κ1) is 22.3. The summed E-state index contributed by atoms with van der Waals surface area (Å²) in [6.07, 6.45) is 3.16. The average Bonchev–Trinajstić information content (AvgIpc) is 3.23. The molecular formula is C23H23N5O4S. The smallest absolute Gasteiger partial charge is 0.345 e. The third-order valence-electron chi connectivity index (χ3n) is 5.26. The Kier molecular flexibility index (Phi) is 6.01. The van der Waals surface area contributed by atoms with Crippen LogP contribution in [0.3, 0.4) is 0 Å². The number of likely N-dealkylation sites (N-methyl/N-ethyl adjacent to an activating group) is 1. The van der Waals surface area contributed by atoms with Gasteiger partial charge in [0.25, 0.3) is 5.91 Å². The number of allylic oxidation sites excluding steroid dienone is 1. The molecule has 1 amide bonds. The molecule has 2 aromatic carbocycles. The Hall–Kier alpha value is -3.92. The average molecular weight is 466 g/mol. The van der Waals surface area contributed by atoms with Gasteiger partial charge in [-0.25, -0.2) is 4.31 Å². The van der Waals surface area contributed by atoms with Gasteiger partial charge < -0.3 is 10.1 Å². The number of carbonyl (C=O) groups excluding carboxylic acids is 1. The van der Waals surface area contributed by atoms with Gasteiger partial charge in [0, 0.05) is 24.9 Å². The number of nitrogens with zero attached hydrogens (tertiary/aromatic N) is 4. The van der Waals surface area contributed by atoms with Gasteiger partial charge in [-0.3, -0.25) is 9.48 Å². The number of methoxy groups -OCH3 is 1. The Bertz CT molecular complexity index is 1370. The van der Waals surface area contributed by atoms with E-state index in [1.165, 1.54) is 20.2 Å². The lowest BCUT2D eigenvalue weighted by atomic mass is 10.1.